The van der Waals surface area contributed by atoms with E-state index in [4.69, 9.17) is 0 Å². The van der Waals surface area contributed by atoms with Gasteiger partial charge in [-0.25, -0.2) is 4.39 Å². The van der Waals surface area contributed by atoms with Gasteiger partial charge in [-0.3, -0.25) is 29.6 Å². The number of piperazine rings is 1. The molecule has 1 N–H and O–H groups in total. The molecule has 34 heavy (non-hydrogen) atoms. The molecule has 1 aliphatic heterocycles. The van der Waals surface area contributed by atoms with E-state index >= 15 is 0 Å². The van der Waals surface area contributed by atoms with Crippen LogP contribution in [0.25, 0.3) is 0 Å². The average Bonchev–Trinajstić information content (AvgIpc) is 2.76. The Labute approximate surface area is 205 Å². The number of benzene rings is 1. The number of halogens is 2. The van der Waals surface area contributed by atoms with Crippen LogP contribution in [0.1, 0.15) is 48.3 Å². The lowest BCUT2D eigenvalue weighted by molar-refractivity contribution is -0.467. The number of aryl methyl sites for hydroxylation is 1. The van der Waals surface area contributed by atoms with E-state index in [0.29, 0.717) is 36.6 Å². The van der Waals surface area contributed by atoms with Gasteiger partial charge in [-0.2, -0.15) is 0 Å². The normalized spacial score (nSPS) is 16.0. The molecule has 1 aromatic carbocycles. The first kappa shape index (κ1) is 25.7. The van der Waals surface area contributed by atoms with Crippen molar-refractivity contribution in [3.63, 3.8) is 0 Å². The predicted octanol–water partition coefficient (Wildman–Crippen LogP) is 3.79. The number of nitrogens with one attached hydrogen (secondary N) is 1. The summed E-state index contributed by atoms with van der Waals surface area (Å²) >= 11 is 3.14. The lowest BCUT2D eigenvalue weighted by Gasteiger charge is -2.34. The molecule has 11 heteroatoms. The molecule has 0 aliphatic carbocycles. The first-order valence-electron chi connectivity index (χ1n) is 10.9. The number of nitrogens with zero attached hydrogens (tertiary/aromatic N) is 4. The van der Waals surface area contributed by atoms with Crippen molar-refractivity contribution >= 4 is 39.1 Å². The Hall–Kier alpha value is -2.92. The van der Waals surface area contributed by atoms with Gasteiger partial charge in [0.05, 0.1) is 27.1 Å². The zero-order valence-electron chi connectivity index (χ0n) is 19.5. The molecule has 0 spiro atoms. The minimum absolute atomic E-state index is 0.0271. The van der Waals surface area contributed by atoms with Crippen molar-refractivity contribution in [2.75, 3.05) is 31.1 Å². The smallest absolute Gasteiger partial charge is 0.303 e. The van der Waals surface area contributed by atoms with Gasteiger partial charge in [0.15, 0.2) is 0 Å². The zero-order chi connectivity index (χ0) is 25.2. The topological polar surface area (TPSA) is 109 Å². The van der Waals surface area contributed by atoms with E-state index < -0.39 is 29.1 Å². The summed E-state index contributed by atoms with van der Waals surface area (Å²) in [5, 5.41) is 14.5. The second-order valence-electron chi connectivity index (χ2n) is 8.63. The fourth-order valence-electron chi connectivity index (χ4n) is 4.03. The van der Waals surface area contributed by atoms with Gasteiger partial charge in [0.1, 0.15) is 5.82 Å². The Kier molecular flexibility index (Phi) is 7.98. The Morgan fingerprint density at radius 3 is 2.74 bits per heavy atom. The molecular weight excluding hydrogens is 509 g/mol. The second kappa shape index (κ2) is 10.6. The predicted molar refractivity (Wildman–Crippen MR) is 130 cm³/mol. The van der Waals surface area contributed by atoms with Crippen molar-refractivity contribution in [3.8, 4) is 0 Å². The van der Waals surface area contributed by atoms with Gasteiger partial charge in [0, 0.05) is 36.8 Å². The molecule has 1 atom stereocenters. The summed E-state index contributed by atoms with van der Waals surface area (Å²) in [6.45, 7) is 7.85. The number of carbonyl (C=O) groups excluding carboxylic acids is 2. The van der Waals surface area contributed by atoms with Crippen LogP contribution < -0.4 is 10.2 Å². The third kappa shape index (κ3) is 5.41. The molecule has 1 aliphatic rings. The highest BCUT2D eigenvalue weighted by atomic mass is 79.9. The lowest BCUT2D eigenvalue weighted by Crippen LogP contribution is -2.51. The molecule has 9 nitrogen and oxygen atoms in total. The molecule has 0 bridgehead atoms. The highest BCUT2D eigenvalue weighted by Crippen LogP contribution is 2.38. The van der Waals surface area contributed by atoms with Crippen LogP contribution in [0.15, 0.2) is 28.9 Å². The molecule has 2 amide bonds. The van der Waals surface area contributed by atoms with E-state index in [9.17, 15) is 24.1 Å². The molecule has 0 saturated carbocycles. The van der Waals surface area contributed by atoms with Crippen LogP contribution in [0, 0.1) is 22.9 Å². The van der Waals surface area contributed by atoms with E-state index in [-0.39, 0.29) is 27.7 Å². The molecule has 1 saturated heterocycles. The van der Waals surface area contributed by atoms with Crippen LogP contribution in [-0.2, 0) is 4.79 Å². The number of rotatable bonds is 6. The first-order valence-corrected chi connectivity index (χ1v) is 11.7. The summed E-state index contributed by atoms with van der Waals surface area (Å²) in [4.78, 5) is 44.5. The molecule has 3 rings (SSSR count). The van der Waals surface area contributed by atoms with Crippen molar-refractivity contribution in [2.45, 2.75) is 39.7 Å². The van der Waals surface area contributed by atoms with Crippen LogP contribution in [0.4, 0.5) is 15.8 Å². The van der Waals surface area contributed by atoms with Crippen molar-refractivity contribution in [2.24, 2.45) is 0 Å². The summed E-state index contributed by atoms with van der Waals surface area (Å²) < 4.78 is 14.7. The highest BCUT2D eigenvalue weighted by Gasteiger charge is 2.33. The summed E-state index contributed by atoms with van der Waals surface area (Å²) in [7, 11) is 0. The largest absolute Gasteiger partial charge is 0.336 e. The third-order valence-electron chi connectivity index (χ3n) is 5.60. The van der Waals surface area contributed by atoms with Crippen molar-refractivity contribution in [3.05, 3.63) is 61.6 Å². The molecular formula is C23H27BrFN5O4. The number of amides is 2. The monoisotopic (exact) mass is 535 g/mol. The maximum absolute atomic E-state index is 14.7. The molecule has 1 aromatic heterocycles. The van der Waals surface area contributed by atoms with Gasteiger partial charge in [-0.15, -0.1) is 0 Å². The summed E-state index contributed by atoms with van der Waals surface area (Å²) in [6, 6.07) is 4.12. The second-order valence-corrected chi connectivity index (χ2v) is 9.48. The van der Waals surface area contributed by atoms with Gasteiger partial charge in [0.25, 0.3) is 12.5 Å². The number of pyridine rings is 1. The molecule has 2 heterocycles. The molecule has 0 unspecified atom stereocenters. The fourth-order valence-corrected chi connectivity index (χ4v) is 4.36. The highest BCUT2D eigenvalue weighted by molar-refractivity contribution is 9.10. The van der Waals surface area contributed by atoms with Crippen molar-refractivity contribution in [1.82, 2.24) is 15.2 Å². The Morgan fingerprint density at radius 2 is 2.12 bits per heavy atom. The van der Waals surface area contributed by atoms with Gasteiger partial charge in [0.2, 0.25) is 0 Å². The van der Waals surface area contributed by atoms with Crippen LogP contribution in [-0.4, -0.2) is 58.8 Å². The van der Waals surface area contributed by atoms with Gasteiger partial charge in [-0.1, -0.05) is 13.8 Å². The standard InChI is InChI=1S/C23H27BrFN5O4/c1-13(2)21-22(14(3)5-6-27-21)30(20(31)12-29(33)34)19-10-17(24)18(25)9-16(19)23(32)28-8-7-26-15(4)11-28/h5-6,9-10,13,15,26H,7-8,11-12H2,1-4H3/t15-/m1/s1. The van der Waals surface area contributed by atoms with Crippen LogP contribution in [0.2, 0.25) is 0 Å². The van der Waals surface area contributed by atoms with E-state index in [1.807, 2.05) is 20.8 Å². The van der Waals surface area contributed by atoms with E-state index in [1.54, 1.807) is 24.1 Å². The SMILES string of the molecule is Cc1ccnc(C(C)C)c1N(C(=O)C[N+](=O)[O-])c1cc(Br)c(F)cc1C(=O)N1CCN[C@H](C)C1. The molecule has 2 aromatic rings. The zero-order valence-corrected chi connectivity index (χ0v) is 21.1. The van der Waals surface area contributed by atoms with Gasteiger partial charge in [-0.05, 0) is 59.5 Å². The van der Waals surface area contributed by atoms with E-state index in [0.717, 1.165) is 11.0 Å². The van der Waals surface area contributed by atoms with Gasteiger partial charge < -0.3 is 10.2 Å². The molecule has 182 valence electrons. The van der Waals surface area contributed by atoms with Crippen molar-refractivity contribution in [1.29, 1.82) is 0 Å². The van der Waals surface area contributed by atoms with Gasteiger partial charge >= 0.3 is 5.91 Å². The summed E-state index contributed by atoms with van der Waals surface area (Å²) in [6.07, 6.45) is 1.60. The van der Waals surface area contributed by atoms with E-state index in [2.05, 4.69) is 26.2 Å². The lowest BCUT2D eigenvalue weighted by atomic mass is 10.0. The van der Waals surface area contributed by atoms with Crippen LogP contribution >= 0.6 is 15.9 Å². The number of nitro groups is 1. The quantitative estimate of drug-likeness (QED) is 0.445. The van der Waals surface area contributed by atoms with Crippen molar-refractivity contribution < 1.29 is 18.9 Å². The number of aromatic nitrogens is 1. The Bertz CT molecular complexity index is 1130. The minimum Gasteiger partial charge on any atom is -0.336 e. The van der Waals surface area contributed by atoms with Crippen LogP contribution in [0.3, 0.4) is 0 Å². The number of hydrogen-bond acceptors (Lipinski definition) is 6. The number of carbonyl (C=O) groups is 2. The van der Waals surface area contributed by atoms with E-state index in [1.165, 1.54) is 6.07 Å². The maximum Gasteiger partial charge on any atom is 0.303 e. The average molecular weight is 536 g/mol. The summed E-state index contributed by atoms with van der Waals surface area (Å²) in [5.41, 5.74) is 1.54. The minimum atomic E-state index is -1.00. The van der Waals surface area contributed by atoms with Crippen LogP contribution in [0.5, 0.6) is 0 Å². The third-order valence-corrected chi connectivity index (χ3v) is 6.21. The molecule has 0 radical (unpaired) electrons. The number of anilines is 2. The molecule has 1 fully saturated rings. The fraction of sp³-hybridized carbons (Fsp3) is 0.435. The Morgan fingerprint density at radius 1 is 1.41 bits per heavy atom. The summed E-state index contributed by atoms with van der Waals surface area (Å²) in [5.74, 6) is -2.12. The number of hydrogen-bond donors (Lipinski definition) is 1. The maximum atomic E-state index is 14.7. The first-order chi connectivity index (χ1) is 16.0. The Balaban J connectivity index is 2.27.